The Kier molecular flexibility index (Phi) is 10.8. The maximum atomic E-state index is 14.7. The molecule has 0 bridgehead atoms. The number of ether oxygens (including phenoxy) is 5. The molecule has 3 aliphatic heterocycles. The number of alkyl halides is 1. The molecule has 294 valence electrons. The van der Waals surface area contributed by atoms with Gasteiger partial charge in [0.1, 0.15) is 29.5 Å². The van der Waals surface area contributed by atoms with Crippen molar-refractivity contribution in [3.8, 4) is 29.1 Å². The van der Waals surface area contributed by atoms with Gasteiger partial charge in [0.15, 0.2) is 11.5 Å². The van der Waals surface area contributed by atoms with Crippen molar-refractivity contribution in [2.75, 3.05) is 19.9 Å². The van der Waals surface area contributed by atoms with Crippen molar-refractivity contribution in [1.82, 2.24) is 20.5 Å². The third-order valence-corrected chi connectivity index (χ3v) is 10.7. The number of nitrogens with one attached hydrogen (secondary N) is 2. The number of aromatic nitrogens is 1. The van der Waals surface area contributed by atoms with E-state index in [-0.39, 0.29) is 32.3 Å². The highest BCUT2D eigenvalue weighted by Crippen LogP contribution is 2.52. The summed E-state index contributed by atoms with van der Waals surface area (Å²) in [6.07, 6.45) is 7.61. The van der Waals surface area contributed by atoms with E-state index in [1.165, 1.54) is 4.90 Å². The number of rotatable bonds is 7. The summed E-state index contributed by atoms with van der Waals surface area (Å²) in [5, 5.41) is 5.86. The summed E-state index contributed by atoms with van der Waals surface area (Å²) in [7, 11) is 0. The highest BCUT2D eigenvalue weighted by Gasteiger charge is 2.53. The molecular weight excluding hydrogens is 728 g/mol. The van der Waals surface area contributed by atoms with Crippen molar-refractivity contribution in [3.05, 3.63) is 35.5 Å². The van der Waals surface area contributed by atoms with E-state index in [4.69, 9.17) is 40.3 Å². The minimum atomic E-state index is -1.61. The number of carbonyl (C=O) groups excluding carboxylic acids is 4. The van der Waals surface area contributed by atoms with Crippen LogP contribution in [0.25, 0.3) is 10.9 Å². The van der Waals surface area contributed by atoms with E-state index >= 15 is 0 Å². The summed E-state index contributed by atoms with van der Waals surface area (Å²) in [6, 6.07) is 1.66. The molecule has 13 nitrogen and oxygen atoms in total. The van der Waals surface area contributed by atoms with Gasteiger partial charge in [-0.3, -0.25) is 9.59 Å². The van der Waals surface area contributed by atoms with Gasteiger partial charge in [0.2, 0.25) is 24.1 Å². The molecule has 0 spiro atoms. The van der Waals surface area contributed by atoms with Crippen LogP contribution < -0.4 is 24.8 Å². The highest BCUT2D eigenvalue weighted by atomic mass is 35.5. The van der Waals surface area contributed by atoms with Crippen molar-refractivity contribution in [1.29, 1.82) is 0 Å². The van der Waals surface area contributed by atoms with E-state index in [1.807, 2.05) is 31.2 Å². The fourth-order valence-electron chi connectivity index (χ4n) is 7.71. The van der Waals surface area contributed by atoms with Crippen molar-refractivity contribution in [3.63, 3.8) is 0 Å². The zero-order chi connectivity index (χ0) is 39.1. The van der Waals surface area contributed by atoms with Gasteiger partial charge in [0.05, 0.1) is 41.0 Å². The van der Waals surface area contributed by atoms with Crippen LogP contribution in [0.3, 0.4) is 0 Å². The molecule has 2 aromatic rings. The summed E-state index contributed by atoms with van der Waals surface area (Å²) in [4.78, 5) is 62.3. The van der Waals surface area contributed by atoms with Crippen LogP contribution in [0.5, 0.6) is 17.2 Å². The van der Waals surface area contributed by atoms with Crippen LogP contribution in [-0.4, -0.2) is 83.0 Å². The summed E-state index contributed by atoms with van der Waals surface area (Å²) >= 11 is 6.96. The van der Waals surface area contributed by atoms with Crippen molar-refractivity contribution in [2.45, 2.75) is 127 Å². The molecule has 0 radical (unpaired) electrons. The van der Waals surface area contributed by atoms with Gasteiger partial charge in [0, 0.05) is 17.9 Å². The number of benzene rings is 1. The molecule has 2 aliphatic carbocycles. The lowest BCUT2D eigenvalue weighted by atomic mass is 9.76. The molecule has 55 heavy (non-hydrogen) atoms. The second kappa shape index (κ2) is 15.4. The van der Waals surface area contributed by atoms with Crippen LogP contribution in [0, 0.1) is 17.8 Å². The second-order valence-corrected chi connectivity index (χ2v) is 16.5. The molecule has 14 heteroatoms. The number of pyridine rings is 1. The fraction of sp³-hybridized carbons (Fsp3) is 0.585. The molecule has 6 atom stereocenters. The molecule has 2 N–H and O–H groups in total. The molecule has 1 saturated heterocycles. The van der Waals surface area contributed by atoms with Gasteiger partial charge in [0.25, 0.3) is 0 Å². The fourth-order valence-corrected chi connectivity index (χ4v) is 7.91. The zero-order valence-corrected chi connectivity index (χ0v) is 32.8. The smallest absolute Gasteiger partial charge is 0.408 e. The lowest BCUT2D eigenvalue weighted by molar-refractivity contribution is -0.153. The number of esters is 1. The topological polar surface area (TPSA) is 155 Å². The minimum absolute atomic E-state index is 0.00952. The molecule has 4 heterocycles. The Hall–Kier alpha value is -4.70. The predicted molar refractivity (Wildman–Crippen MR) is 203 cm³/mol. The Morgan fingerprint density at radius 1 is 1.16 bits per heavy atom. The number of alkyl carbamates (subject to hydrolysis) is 1. The first kappa shape index (κ1) is 38.6. The third-order valence-electron chi connectivity index (χ3n) is 10.5. The highest BCUT2D eigenvalue weighted by molar-refractivity contribution is 6.22. The standard InChI is InChI=1S/C41H49ClN4O9/c1-6-51-38(49)41-19-18-25(41)12-10-8-7-9-11-13-28(44-39(50)55-40(3,4)5)37(48)46-21-26(20-29(46)36(47)45-41)54-35-31(23(2)42)32-27(43-33(35)24-14-15-24)16-17-30-34(32)53-22-52-30/h10,12,16-17,23-26,28-29H,6-9,11,13-15,20-22H2,1-5H3,(H,44,50)(H,45,47). The second-order valence-electron chi connectivity index (χ2n) is 15.8. The SMILES string of the molecule is CCOC(=O)C12C#CC1C=CCCCCCC(NC(=O)OC(C)(C)C)C(=O)N1CC(Oc3c(C4CC4)nc4ccc5c(c4c3C(C)Cl)OCO5)CC1C(=O)N2. The average molecular weight is 777 g/mol. The Bertz CT molecular complexity index is 1960. The summed E-state index contributed by atoms with van der Waals surface area (Å²) in [6.45, 7) is 8.97. The first-order valence-electron chi connectivity index (χ1n) is 19.3. The van der Waals surface area contributed by atoms with Gasteiger partial charge >= 0.3 is 12.1 Å². The van der Waals surface area contributed by atoms with Gasteiger partial charge in [-0.25, -0.2) is 14.6 Å². The lowest BCUT2D eigenvalue weighted by Crippen LogP contribution is -2.65. The van der Waals surface area contributed by atoms with Gasteiger partial charge in [-0.15, -0.1) is 11.6 Å². The quantitative estimate of drug-likeness (QED) is 0.149. The van der Waals surface area contributed by atoms with E-state index in [2.05, 4.69) is 22.5 Å². The van der Waals surface area contributed by atoms with Crippen molar-refractivity contribution < 1.29 is 42.9 Å². The number of nitrogens with zero attached hydrogens (tertiary/aromatic N) is 2. The van der Waals surface area contributed by atoms with Crippen LogP contribution in [-0.2, 0) is 23.9 Å². The molecule has 5 aliphatic rings. The Morgan fingerprint density at radius 3 is 2.65 bits per heavy atom. The number of halogens is 1. The Morgan fingerprint density at radius 2 is 1.96 bits per heavy atom. The van der Waals surface area contributed by atoms with Gasteiger partial charge in [-0.1, -0.05) is 36.8 Å². The molecule has 3 amide bonds. The van der Waals surface area contributed by atoms with Gasteiger partial charge in [-0.2, -0.15) is 0 Å². The average Bonchev–Trinajstić information content (AvgIpc) is 3.69. The number of hydrogen-bond acceptors (Lipinski definition) is 10. The molecule has 2 fully saturated rings. The number of fused-ring (bicyclic) bond motifs is 5. The van der Waals surface area contributed by atoms with Crippen molar-refractivity contribution in [2.24, 2.45) is 5.92 Å². The number of allylic oxidation sites excluding steroid dienone is 1. The molecular formula is C41H49ClN4O9. The zero-order valence-electron chi connectivity index (χ0n) is 32.0. The number of amides is 3. The largest absolute Gasteiger partial charge is 0.486 e. The van der Waals surface area contributed by atoms with E-state index < -0.39 is 64.5 Å². The molecule has 6 unspecified atom stereocenters. The van der Waals surface area contributed by atoms with E-state index in [1.54, 1.807) is 27.7 Å². The van der Waals surface area contributed by atoms with Crippen LogP contribution >= 0.6 is 11.6 Å². The Labute approximate surface area is 326 Å². The molecule has 1 saturated carbocycles. The number of carbonyl (C=O) groups is 4. The lowest BCUT2D eigenvalue weighted by Gasteiger charge is -2.37. The molecule has 7 rings (SSSR count). The summed E-state index contributed by atoms with van der Waals surface area (Å²) < 4.78 is 29.5. The van der Waals surface area contributed by atoms with Gasteiger partial charge < -0.3 is 39.2 Å². The van der Waals surface area contributed by atoms with Crippen LogP contribution in [0.4, 0.5) is 4.79 Å². The Balaban J connectivity index is 1.27. The number of hydrogen-bond donors (Lipinski definition) is 2. The van der Waals surface area contributed by atoms with Crippen molar-refractivity contribution >= 4 is 46.4 Å². The maximum Gasteiger partial charge on any atom is 0.408 e. The minimum Gasteiger partial charge on any atom is -0.486 e. The molecule has 1 aromatic carbocycles. The van der Waals surface area contributed by atoms with Crippen LogP contribution in [0.15, 0.2) is 24.3 Å². The van der Waals surface area contributed by atoms with E-state index in [0.29, 0.717) is 53.0 Å². The van der Waals surface area contributed by atoms with E-state index in [9.17, 15) is 19.2 Å². The van der Waals surface area contributed by atoms with Crippen LogP contribution in [0.2, 0.25) is 0 Å². The normalized spacial score (nSPS) is 26.9. The molecule has 1 aromatic heterocycles. The maximum absolute atomic E-state index is 14.7. The summed E-state index contributed by atoms with van der Waals surface area (Å²) in [5.41, 5.74) is -0.241. The van der Waals surface area contributed by atoms with E-state index in [0.717, 1.165) is 31.4 Å². The monoisotopic (exact) mass is 776 g/mol. The first-order chi connectivity index (χ1) is 26.3. The summed E-state index contributed by atoms with van der Waals surface area (Å²) in [5.74, 6) is 5.37. The van der Waals surface area contributed by atoms with Gasteiger partial charge in [-0.05, 0) is 78.9 Å². The van der Waals surface area contributed by atoms with Crippen LogP contribution in [0.1, 0.15) is 109 Å². The third kappa shape index (κ3) is 7.88. The predicted octanol–water partition coefficient (Wildman–Crippen LogP) is 5.95. The first-order valence-corrected chi connectivity index (χ1v) is 19.8.